The van der Waals surface area contributed by atoms with Gasteiger partial charge < -0.3 is 10.2 Å². The number of sulfonamides is 1. The smallest absolute Gasteiger partial charge is 0.264 e. The lowest BCUT2D eigenvalue weighted by Gasteiger charge is -2.34. The highest BCUT2D eigenvalue weighted by atomic mass is 35.5. The molecule has 1 N–H and O–H groups in total. The number of amides is 2. The van der Waals surface area contributed by atoms with E-state index in [0.29, 0.717) is 0 Å². The second-order valence-corrected chi connectivity index (χ2v) is 14.8. The number of nitrogens with zero attached hydrogens (tertiary/aromatic N) is 2. The summed E-state index contributed by atoms with van der Waals surface area (Å²) in [7, 11) is -4.30. The maximum Gasteiger partial charge on any atom is 0.264 e. The molecule has 5 rings (SSSR count). The summed E-state index contributed by atoms with van der Waals surface area (Å²) in [5.41, 5.74) is 3.65. The summed E-state index contributed by atoms with van der Waals surface area (Å²) in [5.74, 6) is -0.823. The summed E-state index contributed by atoms with van der Waals surface area (Å²) < 4.78 is 29.5. The SMILES string of the molecule is Cc1ccc(S(=O)(=O)N(CC(=O)N(Cc2cccc(C)c2)[C@H](Cc2ccccc2)C(=O)NC2CCCC2)c2cc(Cl)ccc2Cl)cc1. The van der Waals surface area contributed by atoms with Crippen LogP contribution in [-0.2, 0) is 32.6 Å². The van der Waals surface area contributed by atoms with Gasteiger partial charge in [-0.3, -0.25) is 13.9 Å². The number of anilines is 1. The number of carbonyl (C=O) groups is 2. The zero-order chi connectivity index (χ0) is 33.6. The fraction of sp³-hybridized carbons (Fsp3) is 0.297. The molecule has 1 aliphatic rings. The average molecular weight is 693 g/mol. The first-order valence-corrected chi connectivity index (χ1v) is 17.9. The molecule has 4 aromatic rings. The minimum Gasteiger partial charge on any atom is -0.352 e. The van der Waals surface area contributed by atoms with E-state index >= 15 is 0 Å². The van der Waals surface area contributed by atoms with Crippen LogP contribution in [0.2, 0.25) is 10.0 Å². The van der Waals surface area contributed by atoms with Crippen molar-refractivity contribution in [1.82, 2.24) is 10.2 Å². The van der Waals surface area contributed by atoms with Crippen molar-refractivity contribution in [2.45, 2.75) is 69.5 Å². The molecule has 0 aliphatic heterocycles. The molecular formula is C37H39Cl2N3O4S. The van der Waals surface area contributed by atoms with Crippen LogP contribution in [0.15, 0.2) is 102 Å². The number of halogens is 2. The van der Waals surface area contributed by atoms with Gasteiger partial charge in [-0.05, 0) is 68.1 Å². The van der Waals surface area contributed by atoms with E-state index in [4.69, 9.17) is 23.2 Å². The Hall–Kier alpha value is -3.85. The Bertz CT molecular complexity index is 1810. The van der Waals surface area contributed by atoms with Crippen molar-refractivity contribution < 1.29 is 18.0 Å². The Morgan fingerprint density at radius 2 is 1.51 bits per heavy atom. The van der Waals surface area contributed by atoms with Crippen molar-refractivity contribution in [3.63, 3.8) is 0 Å². The second kappa shape index (κ2) is 15.4. The molecule has 1 aliphatic carbocycles. The van der Waals surface area contributed by atoms with Crippen LogP contribution in [-0.4, -0.2) is 43.8 Å². The third kappa shape index (κ3) is 8.74. The topological polar surface area (TPSA) is 86.8 Å². The highest BCUT2D eigenvalue weighted by Gasteiger charge is 2.36. The summed E-state index contributed by atoms with van der Waals surface area (Å²) >= 11 is 12.9. The highest BCUT2D eigenvalue weighted by Crippen LogP contribution is 2.33. The van der Waals surface area contributed by atoms with E-state index in [9.17, 15) is 18.0 Å². The fourth-order valence-electron chi connectivity index (χ4n) is 5.96. The van der Waals surface area contributed by atoms with Crippen LogP contribution in [0, 0.1) is 13.8 Å². The Kier molecular flexibility index (Phi) is 11.3. The van der Waals surface area contributed by atoms with Crippen LogP contribution in [0.3, 0.4) is 0 Å². The Balaban J connectivity index is 1.59. The molecule has 1 atom stereocenters. The van der Waals surface area contributed by atoms with Gasteiger partial charge in [-0.15, -0.1) is 0 Å². The summed E-state index contributed by atoms with van der Waals surface area (Å²) in [5, 5.41) is 3.56. The summed E-state index contributed by atoms with van der Waals surface area (Å²) in [6.45, 7) is 3.31. The normalized spacial score (nSPS) is 14.0. The summed E-state index contributed by atoms with van der Waals surface area (Å²) in [6, 6.07) is 27.2. The first-order chi connectivity index (χ1) is 22.5. The molecule has 246 valence electrons. The Labute approximate surface area is 287 Å². The number of hydrogen-bond donors (Lipinski definition) is 1. The molecule has 0 bridgehead atoms. The number of benzene rings is 4. The van der Waals surface area contributed by atoms with Crippen molar-refractivity contribution in [1.29, 1.82) is 0 Å². The van der Waals surface area contributed by atoms with Gasteiger partial charge in [0.2, 0.25) is 11.8 Å². The summed E-state index contributed by atoms with van der Waals surface area (Å²) in [6.07, 6.45) is 4.08. The van der Waals surface area contributed by atoms with E-state index in [1.54, 1.807) is 18.2 Å². The minimum absolute atomic E-state index is 0.00279. The van der Waals surface area contributed by atoms with Gasteiger partial charge in [-0.2, -0.15) is 0 Å². The molecule has 0 spiro atoms. The van der Waals surface area contributed by atoms with Crippen molar-refractivity contribution in [3.8, 4) is 0 Å². The third-order valence-electron chi connectivity index (χ3n) is 8.47. The number of aryl methyl sites for hydroxylation is 2. The van der Waals surface area contributed by atoms with Crippen LogP contribution in [0.1, 0.15) is 47.9 Å². The van der Waals surface area contributed by atoms with Crippen LogP contribution in [0.25, 0.3) is 0 Å². The van der Waals surface area contributed by atoms with Crippen LogP contribution in [0.4, 0.5) is 5.69 Å². The third-order valence-corrected chi connectivity index (χ3v) is 10.8. The monoisotopic (exact) mass is 691 g/mol. The lowest BCUT2D eigenvalue weighted by Crippen LogP contribution is -2.54. The molecule has 10 heteroatoms. The maximum atomic E-state index is 14.7. The molecule has 1 saturated carbocycles. The van der Waals surface area contributed by atoms with Crippen molar-refractivity contribution in [3.05, 3.63) is 129 Å². The van der Waals surface area contributed by atoms with Crippen molar-refractivity contribution in [2.24, 2.45) is 0 Å². The molecule has 2 amide bonds. The molecular weight excluding hydrogens is 653 g/mol. The Morgan fingerprint density at radius 1 is 0.830 bits per heavy atom. The lowest BCUT2D eigenvalue weighted by atomic mass is 10.0. The van der Waals surface area contributed by atoms with Crippen molar-refractivity contribution >= 4 is 50.7 Å². The van der Waals surface area contributed by atoms with Gasteiger partial charge in [0.1, 0.15) is 12.6 Å². The van der Waals surface area contributed by atoms with Crippen molar-refractivity contribution in [2.75, 3.05) is 10.8 Å². The predicted octanol–water partition coefficient (Wildman–Crippen LogP) is 7.50. The zero-order valence-electron chi connectivity index (χ0n) is 26.5. The van der Waals surface area contributed by atoms with Gasteiger partial charge in [-0.25, -0.2) is 8.42 Å². The van der Waals surface area contributed by atoms with E-state index in [0.717, 1.165) is 52.2 Å². The average Bonchev–Trinajstić information content (AvgIpc) is 3.56. The molecule has 0 radical (unpaired) electrons. The molecule has 0 saturated heterocycles. The first-order valence-electron chi connectivity index (χ1n) is 15.7. The van der Waals surface area contributed by atoms with Gasteiger partial charge in [0.15, 0.2) is 0 Å². The summed E-state index contributed by atoms with van der Waals surface area (Å²) in [4.78, 5) is 30.3. The van der Waals surface area contributed by atoms with Gasteiger partial charge in [-0.1, -0.05) is 114 Å². The fourth-order valence-corrected chi connectivity index (χ4v) is 7.82. The van der Waals surface area contributed by atoms with Gasteiger partial charge in [0, 0.05) is 24.0 Å². The van der Waals surface area contributed by atoms with E-state index in [2.05, 4.69) is 5.32 Å². The molecule has 4 aromatic carbocycles. The highest BCUT2D eigenvalue weighted by molar-refractivity contribution is 7.92. The second-order valence-electron chi connectivity index (χ2n) is 12.1. The molecule has 0 unspecified atom stereocenters. The van der Waals surface area contributed by atoms with Crippen LogP contribution in [0.5, 0.6) is 0 Å². The first kappa shape index (κ1) is 34.5. The molecule has 47 heavy (non-hydrogen) atoms. The van der Waals surface area contributed by atoms with Gasteiger partial charge in [0.25, 0.3) is 10.0 Å². The van der Waals surface area contributed by atoms with E-state index in [1.165, 1.54) is 29.2 Å². The van der Waals surface area contributed by atoms with Crippen LogP contribution >= 0.6 is 23.2 Å². The maximum absolute atomic E-state index is 14.7. The molecule has 7 nitrogen and oxygen atoms in total. The predicted molar refractivity (Wildman–Crippen MR) is 188 cm³/mol. The zero-order valence-corrected chi connectivity index (χ0v) is 28.9. The Morgan fingerprint density at radius 3 is 2.19 bits per heavy atom. The largest absolute Gasteiger partial charge is 0.352 e. The van der Waals surface area contributed by atoms with Gasteiger partial charge >= 0.3 is 0 Å². The van der Waals surface area contributed by atoms with Gasteiger partial charge in [0.05, 0.1) is 15.6 Å². The number of rotatable bonds is 12. The minimum atomic E-state index is -4.30. The van der Waals surface area contributed by atoms with E-state index < -0.39 is 28.5 Å². The lowest BCUT2D eigenvalue weighted by molar-refractivity contribution is -0.140. The molecule has 0 heterocycles. The quantitative estimate of drug-likeness (QED) is 0.167. The number of nitrogens with one attached hydrogen (secondary N) is 1. The van der Waals surface area contributed by atoms with E-state index in [-0.39, 0.29) is 45.5 Å². The molecule has 0 aromatic heterocycles. The van der Waals surface area contributed by atoms with E-state index in [1.807, 2.05) is 68.4 Å². The van der Waals surface area contributed by atoms with Crippen LogP contribution < -0.4 is 9.62 Å². The number of hydrogen-bond acceptors (Lipinski definition) is 4. The molecule has 1 fully saturated rings. The number of carbonyl (C=O) groups excluding carboxylic acids is 2. The standard InChI is InChI=1S/C37H39Cl2N3O4S/c1-26-15-18-32(19-16-26)47(45,46)42(34-23-30(38)17-20-33(34)39)25-36(43)41(24-29-12-8-9-27(2)21-29)35(22-28-10-4-3-5-11-28)37(44)40-31-13-6-7-14-31/h3-5,8-12,15-21,23,31,35H,6-7,13-14,22,24-25H2,1-2H3,(H,40,44)/t35-/m1/s1.